The summed E-state index contributed by atoms with van der Waals surface area (Å²) in [5.41, 5.74) is 5.20. The van der Waals surface area contributed by atoms with Gasteiger partial charge in [-0.05, 0) is 38.3 Å². The molecule has 5 N–H and O–H groups in total. The van der Waals surface area contributed by atoms with Crippen LogP contribution in [0.25, 0.3) is 0 Å². The van der Waals surface area contributed by atoms with Crippen LogP contribution in [0.1, 0.15) is 49.4 Å². The predicted molar refractivity (Wildman–Crippen MR) is 108 cm³/mol. The van der Waals surface area contributed by atoms with Crippen molar-refractivity contribution >= 4 is 17.8 Å². The summed E-state index contributed by atoms with van der Waals surface area (Å²) in [6.45, 7) is 8.05. The molecule has 0 spiro atoms. The van der Waals surface area contributed by atoms with Crippen LogP contribution < -0.4 is 21.7 Å². The van der Waals surface area contributed by atoms with E-state index in [0.29, 0.717) is 30.9 Å². The zero-order chi connectivity index (χ0) is 20.4. The van der Waals surface area contributed by atoms with Crippen LogP contribution in [0.4, 0.5) is 0 Å². The number of aliphatic imine (C=N–C) groups is 1. The Labute approximate surface area is 166 Å². The molecule has 0 saturated carbocycles. The quantitative estimate of drug-likeness (QED) is 0.357. The highest BCUT2D eigenvalue weighted by Gasteiger charge is 2.21. The first-order chi connectivity index (χ1) is 13.5. The third kappa shape index (κ3) is 7.22. The Morgan fingerprint density at radius 2 is 2.00 bits per heavy atom. The number of carbonyl (C=O) groups is 2. The fourth-order valence-corrected chi connectivity index (χ4v) is 3.02. The van der Waals surface area contributed by atoms with E-state index in [1.807, 2.05) is 13.8 Å². The molecule has 1 aliphatic rings. The highest BCUT2D eigenvalue weighted by molar-refractivity contribution is 5.89. The summed E-state index contributed by atoms with van der Waals surface area (Å²) >= 11 is 0. The summed E-state index contributed by atoms with van der Waals surface area (Å²) in [4.78, 5) is 29.6. The van der Waals surface area contributed by atoms with Gasteiger partial charge in [0.15, 0.2) is 11.7 Å². The molecular formula is C19H32N6O3. The summed E-state index contributed by atoms with van der Waals surface area (Å²) in [7, 11) is 0. The van der Waals surface area contributed by atoms with Crippen LogP contribution >= 0.6 is 0 Å². The van der Waals surface area contributed by atoms with Gasteiger partial charge in [-0.25, -0.2) is 4.99 Å². The molecule has 9 nitrogen and oxygen atoms in total. The number of primary amides is 1. The lowest BCUT2D eigenvalue weighted by Crippen LogP contribution is -2.50. The van der Waals surface area contributed by atoms with Gasteiger partial charge in [0.1, 0.15) is 12.3 Å². The fraction of sp³-hybridized carbons (Fsp3) is 0.632. The van der Waals surface area contributed by atoms with Crippen LogP contribution in [0.2, 0.25) is 0 Å². The van der Waals surface area contributed by atoms with E-state index in [1.165, 1.54) is 0 Å². The SMILES string of the molecule is CCCNC(=O)CN1CCC(NC(=NCc2ccc(C(N)=O)o2)NCC)CC1. The second-order valence-corrected chi connectivity index (χ2v) is 6.87. The van der Waals surface area contributed by atoms with Gasteiger partial charge >= 0.3 is 0 Å². The van der Waals surface area contributed by atoms with Crippen LogP contribution in [-0.4, -0.2) is 61.4 Å². The molecule has 1 fully saturated rings. The van der Waals surface area contributed by atoms with Crippen LogP contribution in [0, 0.1) is 0 Å². The molecule has 1 saturated heterocycles. The lowest BCUT2D eigenvalue weighted by Gasteiger charge is -2.32. The molecule has 28 heavy (non-hydrogen) atoms. The van der Waals surface area contributed by atoms with Gasteiger partial charge in [-0.2, -0.15) is 0 Å². The molecule has 0 bridgehead atoms. The van der Waals surface area contributed by atoms with Crippen molar-refractivity contribution in [2.75, 3.05) is 32.7 Å². The topological polar surface area (TPSA) is 125 Å². The summed E-state index contributed by atoms with van der Waals surface area (Å²) in [6, 6.07) is 3.56. The van der Waals surface area contributed by atoms with E-state index in [2.05, 4.69) is 25.8 Å². The number of guanidine groups is 1. The number of hydrogen-bond donors (Lipinski definition) is 4. The van der Waals surface area contributed by atoms with E-state index in [0.717, 1.165) is 45.4 Å². The molecule has 2 heterocycles. The Hall–Kier alpha value is -2.55. The molecule has 1 aromatic heterocycles. The molecule has 2 amide bonds. The highest BCUT2D eigenvalue weighted by Crippen LogP contribution is 2.11. The molecule has 0 unspecified atom stereocenters. The number of piperidine rings is 1. The highest BCUT2D eigenvalue weighted by atomic mass is 16.3. The number of nitrogens with one attached hydrogen (secondary N) is 3. The number of amides is 2. The summed E-state index contributed by atoms with van der Waals surface area (Å²) in [6.07, 6.45) is 2.84. The molecular weight excluding hydrogens is 360 g/mol. The Morgan fingerprint density at radius 3 is 2.61 bits per heavy atom. The molecule has 0 atom stereocenters. The van der Waals surface area contributed by atoms with Crippen molar-refractivity contribution in [3.8, 4) is 0 Å². The van der Waals surface area contributed by atoms with Crippen molar-refractivity contribution in [3.63, 3.8) is 0 Å². The van der Waals surface area contributed by atoms with Crippen molar-refractivity contribution < 1.29 is 14.0 Å². The monoisotopic (exact) mass is 392 g/mol. The smallest absolute Gasteiger partial charge is 0.284 e. The van der Waals surface area contributed by atoms with Crippen molar-refractivity contribution in [2.24, 2.45) is 10.7 Å². The molecule has 1 aliphatic heterocycles. The van der Waals surface area contributed by atoms with Gasteiger partial charge in [0.2, 0.25) is 5.91 Å². The minimum absolute atomic E-state index is 0.0944. The molecule has 2 rings (SSSR count). The number of nitrogens with two attached hydrogens (primary N) is 1. The number of nitrogens with zero attached hydrogens (tertiary/aromatic N) is 2. The van der Waals surface area contributed by atoms with E-state index in [1.54, 1.807) is 12.1 Å². The van der Waals surface area contributed by atoms with Crippen LogP contribution in [0.15, 0.2) is 21.5 Å². The molecule has 0 radical (unpaired) electrons. The lowest BCUT2D eigenvalue weighted by molar-refractivity contribution is -0.122. The number of hydrogen-bond acceptors (Lipinski definition) is 5. The largest absolute Gasteiger partial charge is 0.454 e. The maximum absolute atomic E-state index is 11.8. The third-order valence-electron chi connectivity index (χ3n) is 4.51. The van der Waals surface area contributed by atoms with Crippen LogP contribution in [-0.2, 0) is 11.3 Å². The van der Waals surface area contributed by atoms with Crippen molar-refractivity contribution in [1.82, 2.24) is 20.9 Å². The number of carbonyl (C=O) groups excluding carboxylic acids is 2. The molecule has 9 heteroatoms. The van der Waals surface area contributed by atoms with E-state index in [-0.39, 0.29) is 11.7 Å². The van der Waals surface area contributed by atoms with Gasteiger partial charge in [-0.1, -0.05) is 6.92 Å². The molecule has 1 aromatic rings. The van der Waals surface area contributed by atoms with Gasteiger partial charge < -0.3 is 26.1 Å². The second kappa shape index (κ2) is 11.3. The number of rotatable bonds is 9. The number of likely N-dealkylation sites (tertiary alicyclic amines) is 1. The summed E-state index contributed by atoms with van der Waals surface area (Å²) in [5, 5.41) is 9.59. The third-order valence-corrected chi connectivity index (χ3v) is 4.51. The predicted octanol–water partition coefficient (Wildman–Crippen LogP) is 0.424. The second-order valence-electron chi connectivity index (χ2n) is 6.87. The van der Waals surface area contributed by atoms with Gasteiger partial charge in [0, 0.05) is 32.2 Å². The standard InChI is InChI=1S/C19H32N6O3/c1-3-9-22-17(26)13-25-10-7-14(8-11-25)24-19(21-4-2)23-12-15-5-6-16(28-15)18(20)27/h5-6,14H,3-4,7-13H2,1-2H3,(H2,20,27)(H,22,26)(H2,21,23,24). The minimum atomic E-state index is -0.588. The van der Waals surface area contributed by atoms with E-state index in [9.17, 15) is 9.59 Å². The summed E-state index contributed by atoms with van der Waals surface area (Å²) < 4.78 is 5.36. The molecule has 0 aromatic carbocycles. The fourth-order valence-electron chi connectivity index (χ4n) is 3.02. The van der Waals surface area contributed by atoms with E-state index < -0.39 is 5.91 Å². The lowest BCUT2D eigenvalue weighted by atomic mass is 10.1. The maximum Gasteiger partial charge on any atom is 0.284 e. The average Bonchev–Trinajstić information content (AvgIpc) is 3.15. The van der Waals surface area contributed by atoms with Gasteiger partial charge in [0.05, 0.1) is 6.54 Å². The van der Waals surface area contributed by atoms with E-state index >= 15 is 0 Å². The maximum atomic E-state index is 11.8. The van der Waals surface area contributed by atoms with Crippen molar-refractivity contribution in [3.05, 3.63) is 23.7 Å². The first kappa shape index (κ1) is 21.7. The average molecular weight is 393 g/mol. The molecule has 156 valence electrons. The van der Waals surface area contributed by atoms with Crippen molar-refractivity contribution in [1.29, 1.82) is 0 Å². The summed E-state index contributed by atoms with van der Waals surface area (Å²) in [5.74, 6) is 0.934. The first-order valence-electron chi connectivity index (χ1n) is 9.94. The Balaban J connectivity index is 1.80. The van der Waals surface area contributed by atoms with Crippen LogP contribution in [0.3, 0.4) is 0 Å². The Kier molecular flexibility index (Phi) is 8.80. The zero-order valence-corrected chi connectivity index (χ0v) is 16.8. The van der Waals surface area contributed by atoms with Crippen LogP contribution in [0.5, 0.6) is 0 Å². The molecule has 0 aliphatic carbocycles. The van der Waals surface area contributed by atoms with Gasteiger partial charge in [-0.15, -0.1) is 0 Å². The minimum Gasteiger partial charge on any atom is -0.454 e. The normalized spacial score (nSPS) is 16.0. The van der Waals surface area contributed by atoms with E-state index in [4.69, 9.17) is 10.2 Å². The number of furan rings is 1. The van der Waals surface area contributed by atoms with Gasteiger partial charge in [0.25, 0.3) is 5.91 Å². The first-order valence-corrected chi connectivity index (χ1v) is 9.94. The van der Waals surface area contributed by atoms with Gasteiger partial charge in [-0.3, -0.25) is 14.5 Å². The Bertz CT molecular complexity index is 664. The zero-order valence-electron chi connectivity index (χ0n) is 16.8. The Morgan fingerprint density at radius 1 is 1.25 bits per heavy atom. The van der Waals surface area contributed by atoms with Crippen molar-refractivity contribution in [2.45, 2.75) is 45.7 Å².